The van der Waals surface area contributed by atoms with Gasteiger partial charge in [0.25, 0.3) is 0 Å². The van der Waals surface area contributed by atoms with Gasteiger partial charge in [0.15, 0.2) is 11.5 Å². The number of fused-ring (bicyclic) bond motifs is 4. The molecule has 30 heavy (non-hydrogen) atoms. The minimum atomic E-state index is -0.204. The third-order valence-electron chi connectivity index (χ3n) is 6.34. The maximum atomic E-state index is 13.4. The maximum Gasteiger partial charge on any atom is 0.231 e. The van der Waals surface area contributed by atoms with E-state index < -0.39 is 0 Å². The van der Waals surface area contributed by atoms with E-state index in [-0.39, 0.29) is 24.7 Å². The van der Waals surface area contributed by atoms with Crippen LogP contribution in [0.15, 0.2) is 66.7 Å². The fraction of sp³-hybridized carbons (Fsp3) is 0.250. The molecule has 3 atom stereocenters. The van der Waals surface area contributed by atoms with E-state index in [0.717, 1.165) is 30.2 Å². The van der Waals surface area contributed by atoms with E-state index in [0.29, 0.717) is 5.92 Å². The van der Waals surface area contributed by atoms with E-state index in [1.54, 1.807) is 0 Å². The molecule has 1 saturated heterocycles. The van der Waals surface area contributed by atoms with Crippen LogP contribution in [0.5, 0.6) is 11.5 Å². The Balaban J connectivity index is 1.34. The quantitative estimate of drug-likeness (QED) is 0.690. The molecule has 3 aromatic carbocycles. The molecule has 0 bridgehead atoms. The van der Waals surface area contributed by atoms with Crippen LogP contribution in [0.2, 0.25) is 0 Å². The first kappa shape index (κ1) is 17.7. The van der Waals surface area contributed by atoms with Gasteiger partial charge in [0.2, 0.25) is 6.79 Å². The summed E-state index contributed by atoms with van der Waals surface area (Å²) in [6.45, 7) is 1.91. The summed E-state index contributed by atoms with van der Waals surface area (Å²) in [7, 11) is 0. The SMILES string of the molecule is Fc1ccc(CN2CC3C(c4ccc5c(c4)OCO5)NNC3c3ccccc32)cc1. The Morgan fingerprint density at radius 3 is 2.60 bits per heavy atom. The molecular weight excluding hydrogens is 381 g/mol. The van der Waals surface area contributed by atoms with Crippen LogP contribution in [-0.4, -0.2) is 13.3 Å². The zero-order valence-electron chi connectivity index (χ0n) is 16.3. The van der Waals surface area contributed by atoms with Crippen LogP contribution < -0.4 is 25.2 Å². The van der Waals surface area contributed by atoms with Crippen molar-refractivity contribution in [2.45, 2.75) is 18.6 Å². The average Bonchev–Trinajstić information content (AvgIpc) is 3.42. The summed E-state index contributed by atoms with van der Waals surface area (Å²) in [5.41, 5.74) is 11.8. The number of rotatable bonds is 3. The number of ether oxygens (including phenoxy) is 2. The molecule has 3 heterocycles. The molecule has 0 aromatic heterocycles. The lowest BCUT2D eigenvalue weighted by Gasteiger charge is -2.39. The molecule has 3 aliphatic rings. The van der Waals surface area contributed by atoms with Gasteiger partial charge in [-0.05, 0) is 47.0 Å². The van der Waals surface area contributed by atoms with E-state index in [9.17, 15) is 4.39 Å². The predicted octanol–water partition coefficient (Wildman–Crippen LogP) is 4.08. The number of hydrogen-bond donors (Lipinski definition) is 2. The summed E-state index contributed by atoms with van der Waals surface area (Å²) in [6.07, 6.45) is 0. The number of para-hydroxylation sites is 1. The first-order valence-electron chi connectivity index (χ1n) is 10.3. The van der Waals surface area contributed by atoms with Crippen molar-refractivity contribution in [1.82, 2.24) is 10.9 Å². The van der Waals surface area contributed by atoms with Crippen LogP contribution in [0.1, 0.15) is 28.8 Å². The highest BCUT2D eigenvalue weighted by molar-refractivity contribution is 5.59. The third kappa shape index (κ3) is 2.91. The molecule has 3 aromatic rings. The predicted molar refractivity (Wildman–Crippen MR) is 112 cm³/mol. The molecule has 0 spiro atoms. The van der Waals surface area contributed by atoms with Crippen molar-refractivity contribution in [3.63, 3.8) is 0 Å². The smallest absolute Gasteiger partial charge is 0.231 e. The molecule has 6 heteroatoms. The topological polar surface area (TPSA) is 45.8 Å². The third-order valence-corrected chi connectivity index (χ3v) is 6.34. The molecule has 3 aliphatic heterocycles. The molecular formula is C24H22FN3O2. The number of hydrogen-bond acceptors (Lipinski definition) is 5. The lowest BCUT2D eigenvalue weighted by molar-refractivity contribution is 0.174. The Morgan fingerprint density at radius 1 is 0.900 bits per heavy atom. The minimum absolute atomic E-state index is 0.147. The Bertz CT molecular complexity index is 1090. The van der Waals surface area contributed by atoms with Crippen molar-refractivity contribution in [2.75, 3.05) is 18.2 Å². The molecule has 152 valence electrons. The second-order valence-electron chi connectivity index (χ2n) is 8.09. The van der Waals surface area contributed by atoms with Crippen LogP contribution >= 0.6 is 0 Å². The van der Waals surface area contributed by atoms with E-state index in [1.165, 1.54) is 28.9 Å². The number of anilines is 1. The molecule has 0 aliphatic carbocycles. The first-order valence-corrected chi connectivity index (χ1v) is 10.3. The van der Waals surface area contributed by atoms with E-state index in [1.807, 2.05) is 18.2 Å². The van der Waals surface area contributed by atoms with Gasteiger partial charge in [0, 0.05) is 24.7 Å². The van der Waals surface area contributed by atoms with E-state index in [4.69, 9.17) is 9.47 Å². The Morgan fingerprint density at radius 2 is 1.70 bits per heavy atom. The van der Waals surface area contributed by atoms with E-state index in [2.05, 4.69) is 52.1 Å². The normalized spacial score (nSPS) is 23.9. The lowest BCUT2D eigenvalue weighted by Crippen LogP contribution is -2.39. The van der Waals surface area contributed by atoms with Gasteiger partial charge < -0.3 is 14.4 Å². The van der Waals surface area contributed by atoms with Crippen molar-refractivity contribution in [2.24, 2.45) is 5.92 Å². The highest BCUT2D eigenvalue weighted by Gasteiger charge is 2.43. The number of halogens is 1. The van der Waals surface area contributed by atoms with Crippen LogP contribution in [0.25, 0.3) is 0 Å². The highest BCUT2D eigenvalue weighted by atomic mass is 19.1. The van der Waals surface area contributed by atoms with Gasteiger partial charge in [-0.25, -0.2) is 15.2 Å². The minimum Gasteiger partial charge on any atom is -0.454 e. The Labute approximate surface area is 174 Å². The molecule has 2 N–H and O–H groups in total. The Hall–Kier alpha value is -3.09. The zero-order chi connectivity index (χ0) is 20.1. The van der Waals surface area contributed by atoms with Gasteiger partial charge in [-0.2, -0.15) is 0 Å². The van der Waals surface area contributed by atoms with Gasteiger partial charge >= 0.3 is 0 Å². The summed E-state index contributed by atoms with van der Waals surface area (Å²) >= 11 is 0. The molecule has 6 rings (SSSR count). The van der Waals surface area contributed by atoms with Gasteiger partial charge in [-0.3, -0.25) is 0 Å². The van der Waals surface area contributed by atoms with Crippen molar-refractivity contribution >= 4 is 5.69 Å². The number of nitrogens with one attached hydrogen (secondary N) is 2. The summed E-state index contributed by atoms with van der Waals surface area (Å²) in [6, 6.07) is 21.9. The average molecular weight is 403 g/mol. The monoisotopic (exact) mass is 403 g/mol. The first-order chi connectivity index (χ1) is 14.8. The Kier molecular flexibility index (Phi) is 4.14. The van der Waals surface area contributed by atoms with Crippen molar-refractivity contribution in [3.8, 4) is 11.5 Å². The van der Waals surface area contributed by atoms with Crippen LogP contribution in [-0.2, 0) is 6.54 Å². The summed E-state index contributed by atoms with van der Waals surface area (Å²) < 4.78 is 24.4. The van der Waals surface area contributed by atoms with Gasteiger partial charge in [-0.15, -0.1) is 0 Å². The van der Waals surface area contributed by atoms with Gasteiger partial charge in [-0.1, -0.05) is 36.4 Å². The molecule has 3 unspecified atom stereocenters. The fourth-order valence-electron chi connectivity index (χ4n) is 4.89. The number of nitrogens with zero attached hydrogens (tertiary/aromatic N) is 1. The second-order valence-corrected chi connectivity index (χ2v) is 8.09. The van der Waals surface area contributed by atoms with Gasteiger partial charge in [0.05, 0.1) is 12.1 Å². The fourth-order valence-corrected chi connectivity index (χ4v) is 4.89. The van der Waals surface area contributed by atoms with Crippen LogP contribution in [0.4, 0.5) is 10.1 Å². The summed E-state index contributed by atoms with van der Waals surface area (Å²) in [4.78, 5) is 2.40. The van der Waals surface area contributed by atoms with Crippen molar-refractivity contribution in [3.05, 3.63) is 89.2 Å². The van der Waals surface area contributed by atoms with Crippen molar-refractivity contribution < 1.29 is 13.9 Å². The zero-order valence-corrected chi connectivity index (χ0v) is 16.3. The van der Waals surface area contributed by atoms with Gasteiger partial charge in [0.1, 0.15) is 5.82 Å². The molecule has 0 radical (unpaired) electrons. The summed E-state index contributed by atoms with van der Waals surface area (Å²) in [5, 5.41) is 0. The molecule has 0 amide bonds. The van der Waals surface area contributed by atoms with E-state index >= 15 is 0 Å². The number of hydrazine groups is 1. The molecule has 5 nitrogen and oxygen atoms in total. The number of benzene rings is 3. The molecule has 1 fully saturated rings. The second kappa shape index (κ2) is 7.00. The standard InChI is InChI=1S/C24H22FN3O2/c25-17-8-5-15(6-9-17)12-28-13-19-23(16-7-10-21-22(11-16)30-14-29-21)26-27-24(19)18-3-1-2-4-20(18)28/h1-11,19,23-24,26-27H,12-14H2. The lowest BCUT2D eigenvalue weighted by atomic mass is 9.82. The van der Waals surface area contributed by atoms with Crippen LogP contribution in [0.3, 0.4) is 0 Å². The maximum absolute atomic E-state index is 13.4. The molecule has 0 saturated carbocycles. The largest absolute Gasteiger partial charge is 0.454 e. The highest BCUT2D eigenvalue weighted by Crippen LogP contribution is 2.46. The van der Waals surface area contributed by atoms with Crippen LogP contribution in [0, 0.1) is 11.7 Å². The van der Waals surface area contributed by atoms with Crippen molar-refractivity contribution in [1.29, 1.82) is 0 Å². The summed E-state index contributed by atoms with van der Waals surface area (Å²) in [5.74, 6) is 1.73.